The maximum atomic E-state index is 12.2. The van der Waals surface area contributed by atoms with Gasteiger partial charge in [-0.15, -0.1) is 0 Å². The van der Waals surface area contributed by atoms with E-state index in [0.29, 0.717) is 11.1 Å². The Labute approximate surface area is 345 Å². The molecule has 0 aliphatic carbocycles. The average molecular weight is 880 g/mol. The molecule has 0 spiro atoms. The maximum Gasteiger partial charge on any atom is 0.331 e. The molecule has 0 fully saturated rings. The molecule has 0 aliphatic heterocycles. The van der Waals surface area contributed by atoms with E-state index in [0.717, 1.165) is 22.3 Å². The number of halogens is 1. The lowest BCUT2D eigenvalue weighted by Gasteiger charge is -2.19. The minimum atomic E-state index is -1.25. The Hall–Kier alpha value is -6.29. The number of hydrogen-bond donors (Lipinski definition) is 6. The predicted molar refractivity (Wildman–Crippen MR) is 225 cm³/mol. The van der Waals surface area contributed by atoms with Crippen molar-refractivity contribution in [1.29, 1.82) is 0 Å². The van der Waals surface area contributed by atoms with Crippen molar-refractivity contribution in [2.45, 2.75) is 38.1 Å². The van der Waals surface area contributed by atoms with Crippen molar-refractivity contribution in [3.05, 3.63) is 176 Å². The maximum absolute atomic E-state index is 12.2. The van der Waals surface area contributed by atoms with Crippen LogP contribution in [0.5, 0.6) is 0 Å². The number of nitrogens with one attached hydrogen (secondary N) is 3. The van der Waals surface area contributed by atoms with E-state index in [9.17, 15) is 29.4 Å². The molecule has 11 nitrogen and oxygen atoms in total. The van der Waals surface area contributed by atoms with E-state index in [2.05, 4.69) is 73.8 Å². The summed E-state index contributed by atoms with van der Waals surface area (Å²) in [6.45, 7) is 2.74. The molecule has 4 atom stereocenters. The molecule has 3 amide bonds. The van der Waals surface area contributed by atoms with Gasteiger partial charge < -0.3 is 25.6 Å². The first kappa shape index (κ1) is 45.1. The molecule has 0 heterocycles. The van der Waals surface area contributed by atoms with Gasteiger partial charge in [-0.05, 0) is 121 Å². The van der Waals surface area contributed by atoms with Gasteiger partial charge in [0.2, 0.25) is 0 Å². The predicted octanol–water partition coefficient (Wildman–Crippen LogP) is 5.10. The second-order valence-corrected chi connectivity index (χ2v) is 13.3. The molecule has 5 aromatic rings. The number of amides is 3. The van der Waals surface area contributed by atoms with Gasteiger partial charge in [0.15, 0.2) is 6.04 Å². The van der Waals surface area contributed by atoms with Crippen molar-refractivity contribution in [3.8, 4) is 23.7 Å². The third-order valence-electron chi connectivity index (χ3n) is 7.66. The summed E-state index contributed by atoms with van der Waals surface area (Å²) in [5.41, 5.74) is 5.37. The van der Waals surface area contributed by atoms with Gasteiger partial charge in [-0.2, -0.15) is 0 Å². The highest BCUT2D eigenvalue weighted by molar-refractivity contribution is 14.1. The van der Waals surface area contributed by atoms with Crippen LogP contribution in [0.15, 0.2) is 140 Å². The number of aliphatic hydroxyl groups is 2. The van der Waals surface area contributed by atoms with Gasteiger partial charge in [0.25, 0.3) is 17.7 Å². The molecule has 12 heteroatoms. The fourth-order valence-corrected chi connectivity index (χ4v) is 5.00. The topological polar surface area (TPSA) is 174 Å². The van der Waals surface area contributed by atoms with Crippen molar-refractivity contribution in [2.24, 2.45) is 0 Å². The molecule has 0 aromatic heterocycles. The summed E-state index contributed by atoms with van der Waals surface area (Å²) in [6.07, 6.45) is -2.22. The molecule has 6 N–H and O–H groups in total. The number of aliphatic hydroxyl groups excluding tert-OH is 2. The van der Waals surface area contributed by atoms with E-state index >= 15 is 0 Å². The van der Waals surface area contributed by atoms with Gasteiger partial charge in [0.1, 0.15) is 6.04 Å². The van der Waals surface area contributed by atoms with Gasteiger partial charge in [0, 0.05) is 37.0 Å². The van der Waals surface area contributed by atoms with Crippen molar-refractivity contribution in [2.75, 3.05) is 7.11 Å². The minimum absolute atomic E-state index is 0.307. The first-order valence-electron chi connectivity index (χ1n) is 17.5. The van der Waals surface area contributed by atoms with Crippen LogP contribution in [0, 0.1) is 27.3 Å². The highest BCUT2D eigenvalue weighted by Gasteiger charge is 2.27. The van der Waals surface area contributed by atoms with Crippen molar-refractivity contribution >= 4 is 46.3 Å². The monoisotopic (exact) mass is 879 g/mol. The summed E-state index contributed by atoms with van der Waals surface area (Å²) in [6, 6.07) is 40.1. The Kier molecular flexibility index (Phi) is 19.2. The number of hydrogen-bond acceptors (Lipinski definition) is 8. The number of methoxy groups -OCH3 is 1. The quantitative estimate of drug-likeness (QED) is 0.0411. The third-order valence-corrected chi connectivity index (χ3v) is 8.38. The molecule has 0 radical (unpaired) electrons. The first-order valence-corrected chi connectivity index (χ1v) is 18.5. The molecule has 0 aliphatic rings. The Balaban J connectivity index is 0.000000260. The SMILES string of the molecule is COC(=O)[C@@H](NC(=O)c1ccc(C#Cc2ccccc2)cc1)[C@@H](C)O.C[C@@H](O)[C@H](NC(=O)c1ccc(C#Cc2ccccc2)cc1)C(=O)NO.Ic1ccccc1. The number of ether oxygens (including phenoxy) is 1. The zero-order valence-corrected chi connectivity index (χ0v) is 33.5. The number of esters is 1. The normalized spacial score (nSPS) is 11.8. The van der Waals surface area contributed by atoms with E-state index in [4.69, 9.17) is 5.21 Å². The summed E-state index contributed by atoms with van der Waals surface area (Å²) in [5, 5.41) is 32.6. The molecular weight excluding hydrogens is 837 g/mol. The third kappa shape index (κ3) is 16.1. The van der Waals surface area contributed by atoms with Crippen LogP contribution in [0.25, 0.3) is 0 Å². The molecule has 0 unspecified atom stereocenters. The second-order valence-electron chi connectivity index (χ2n) is 12.1. The molecule has 5 rings (SSSR count). The Morgan fingerprint density at radius 3 is 1.18 bits per heavy atom. The van der Waals surface area contributed by atoms with Gasteiger partial charge >= 0.3 is 5.97 Å². The number of hydroxylamine groups is 1. The van der Waals surface area contributed by atoms with Gasteiger partial charge in [-0.3, -0.25) is 19.6 Å². The van der Waals surface area contributed by atoms with E-state index in [1.54, 1.807) is 48.5 Å². The largest absolute Gasteiger partial charge is 0.467 e. The fourth-order valence-electron chi connectivity index (χ4n) is 4.58. The second kappa shape index (κ2) is 24.3. The Bertz CT molecular complexity index is 2020. The van der Waals surface area contributed by atoms with Crippen LogP contribution in [0.4, 0.5) is 0 Å². The van der Waals surface area contributed by atoms with E-state index in [1.165, 1.54) is 30.0 Å². The summed E-state index contributed by atoms with van der Waals surface area (Å²) in [5.74, 6) is 9.45. The molecule has 0 saturated heterocycles. The van der Waals surface area contributed by atoms with Crippen LogP contribution in [-0.2, 0) is 14.3 Å². The lowest BCUT2D eigenvalue weighted by atomic mass is 10.1. The number of carbonyl (C=O) groups excluding carboxylic acids is 4. The number of rotatable bonds is 8. The van der Waals surface area contributed by atoms with Gasteiger partial charge in [0.05, 0.1) is 19.3 Å². The number of carbonyl (C=O) groups is 4. The summed E-state index contributed by atoms with van der Waals surface area (Å²) >= 11 is 2.28. The van der Waals surface area contributed by atoms with Crippen LogP contribution in [0.3, 0.4) is 0 Å². The zero-order valence-electron chi connectivity index (χ0n) is 31.3. The van der Waals surface area contributed by atoms with Crippen LogP contribution < -0.4 is 16.1 Å². The molecule has 5 aromatic carbocycles. The fraction of sp³-hybridized carbons (Fsp3) is 0.156. The van der Waals surface area contributed by atoms with Gasteiger partial charge in [-0.25, -0.2) is 10.3 Å². The van der Waals surface area contributed by atoms with Crippen molar-refractivity contribution < 1.29 is 39.3 Å². The van der Waals surface area contributed by atoms with E-state index in [1.807, 2.05) is 78.9 Å². The highest BCUT2D eigenvalue weighted by Crippen LogP contribution is 2.08. The minimum Gasteiger partial charge on any atom is -0.467 e. The van der Waals surface area contributed by atoms with E-state index in [-0.39, 0.29) is 0 Å². The number of benzene rings is 5. The highest BCUT2D eigenvalue weighted by atomic mass is 127. The van der Waals surface area contributed by atoms with Crippen LogP contribution >= 0.6 is 22.6 Å². The summed E-state index contributed by atoms with van der Waals surface area (Å²) in [4.78, 5) is 47.4. The zero-order chi connectivity index (χ0) is 41.6. The van der Waals surface area contributed by atoms with E-state index < -0.39 is 48.0 Å². The molecule has 292 valence electrons. The van der Waals surface area contributed by atoms with Crippen molar-refractivity contribution in [3.63, 3.8) is 0 Å². The smallest absolute Gasteiger partial charge is 0.331 e. The van der Waals surface area contributed by atoms with Crippen molar-refractivity contribution in [1.82, 2.24) is 16.1 Å². The molecule has 57 heavy (non-hydrogen) atoms. The summed E-state index contributed by atoms with van der Waals surface area (Å²) < 4.78 is 5.86. The van der Waals surface area contributed by atoms with Crippen LogP contribution in [0.1, 0.15) is 56.8 Å². The van der Waals surface area contributed by atoms with Gasteiger partial charge in [-0.1, -0.05) is 78.3 Å². The lowest BCUT2D eigenvalue weighted by Crippen LogP contribution is -2.51. The lowest BCUT2D eigenvalue weighted by molar-refractivity contribution is -0.145. The summed E-state index contributed by atoms with van der Waals surface area (Å²) in [7, 11) is 1.20. The molecule has 0 saturated carbocycles. The molecular formula is C45H42IN3O8. The average Bonchev–Trinajstić information content (AvgIpc) is 3.24. The van der Waals surface area contributed by atoms with Crippen LogP contribution in [0.2, 0.25) is 0 Å². The Morgan fingerprint density at radius 2 is 0.877 bits per heavy atom. The van der Waals surface area contributed by atoms with Crippen LogP contribution in [-0.4, -0.2) is 70.5 Å². The molecule has 0 bridgehead atoms. The standard InChI is InChI=1S/C20H19NO4.C19H18N2O4.C6H5I/c1-14(22)18(20(24)25-2)21-19(23)17-12-10-16(11-13-17)9-8-15-6-4-3-5-7-15;1-13(22)17(19(24)21-25)20-18(23)16-11-9-15(10-12-16)8-7-14-5-3-2-4-6-14;7-6-4-2-1-3-5-6/h3-7,10-14,18,22H,1-2H3,(H,21,23);2-6,9-13,17,22,25H,1H3,(H,20,23)(H,21,24);1-5H/t14-,18+;13-,17+;/m11./s1. The first-order chi connectivity index (χ1) is 27.4. The Morgan fingerprint density at radius 1 is 0.544 bits per heavy atom.